The Morgan fingerprint density at radius 3 is 2.50 bits per heavy atom. The van der Waals surface area contributed by atoms with Gasteiger partial charge in [-0.3, -0.25) is 14.0 Å². The van der Waals surface area contributed by atoms with Crippen LogP contribution in [0.5, 0.6) is 0 Å². The maximum Gasteiger partial charge on any atom is 0.271 e. The number of fused-ring (bicyclic) bond motifs is 1. The number of amides is 2. The van der Waals surface area contributed by atoms with E-state index in [4.69, 9.17) is 5.73 Å². The third-order valence-electron chi connectivity index (χ3n) is 4.86. The smallest absolute Gasteiger partial charge is 0.271 e. The summed E-state index contributed by atoms with van der Waals surface area (Å²) in [7, 11) is 3.31. The summed E-state index contributed by atoms with van der Waals surface area (Å²) in [6.07, 6.45) is 2.70. The van der Waals surface area contributed by atoms with Crippen LogP contribution >= 0.6 is 0 Å². The predicted octanol–water partition coefficient (Wildman–Crippen LogP) is 2.78. The van der Waals surface area contributed by atoms with Crippen LogP contribution in [0.4, 0.5) is 16.0 Å². The number of halogens is 1. The molecule has 0 aliphatic heterocycles. The van der Waals surface area contributed by atoms with Crippen molar-refractivity contribution in [2.45, 2.75) is 6.92 Å². The molecule has 0 radical (unpaired) electrons. The van der Waals surface area contributed by atoms with Gasteiger partial charge in [0.1, 0.15) is 40.2 Å². The number of hydrogen-bond acceptors (Lipinski definition) is 6. The van der Waals surface area contributed by atoms with Gasteiger partial charge < -0.3 is 16.0 Å². The highest BCUT2D eigenvalue weighted by molar-refractivity contribution is 6.04. The Bertz CT molecular complexity index is 1350. The Hall–Kier alpha value is -4.34. The second kappa shape index (κ2) is 8.06. The number of benzene rings is 1. The van der Waals surface area contributed by atoms with Crippen molar-refractivity contribution in [2.24, 2.45) is 0 Å². The number of rotatable bonds is 4. The fraction of sp³-hybridized carbons (Fsp3) is 0.136. The number of anilines is 2. The van der Waals surface area contributed by atoms with Gasteiger partial charge >= 0.3 is 0 Å². The van der Waals surface area contributed by atoms with Gasteiger partial charge in [0, 0.05) is 37.5 Å². The van der Waals surface area contributed by atoms with E-state index in [0.717, 1.165) is 6.07 Å². The van der Waals surface area contributed by atoms with E-state index in [2.05, 4.69) is 20.3 Å². The molecule has 4 rings (SSSR count). The van der Waals surface area contributed by atoms with Crippen molar-refractivity contribution in [1.29, 1.82) is 0 Å². The molecule has 0 saturated carbocycles. The van der Waals surface area contributed by atoms with Crippen LogP contribution in [-0.4, -0.2) is 50.2 Å². The van der Waals surface area contributed by atoms with Gasteiger partial charge in [0.05, 0.1) is 6.20 Å². The van der Waals surface area contributed by atoms with Crippen molar-refractivity contribution in [2.75, 3.05) is 25.1 Å². The standard InChI is InChI=1S/C22H20FN7O2/c1-12-27-18(19-20(24)26-11-16(30(12)19)22(32)29(2)3)13-4-6-14(7-5-13)21(31)28-17-10-15(23)8-9-25-17/h4-11H,1-3H3,(H2,24,26)(H,25,28,31). The normalized spacial score (nSPS) is 10.9. The zero-order chi connectivity index (χ0) is 23.0. The van der Waals surface area contributed by atoms with Crippen molar-refractivity contribution < 1.29 is 14.0 Å². The van der Waals surface area contributed by atoms with Crippen LogP contribution < -0.4 is 11.1 Å². The molecule has 0 aliphatic rings. The summed E-state index contributed by atoms with van der Waals surface area (Å²) in [5, 5.41) is 2.55. The van der Waals surface area contributed by atoms with Crippen LogP contribution in [0.1, 0.15) is 26.7 Å². The number of imidazole rings is 1. The first-order valence-electron chi connectivity index (χ1n) is 9.64. The number of hydrogen-bond donors (Lipinski definition) is 2. The SMILES string of the molecule is Cc1nc(-c2ccc(C(=O)Nc3cc(F)ccn3)cc2)c2c(N)ncc(C(=O)N(C)C)n12. The molecule has 0 aliphatic carbocycles. The molecule has 3 aromatic heterocycles. The highest BCUT2D eigenvalue weighted by atomic mass is 19.1. The lowest BCUT2D eigenvalue weighted by Crippen LogP contribution is -2.24. The number of nitrogens with one attached hydrogen (secondary N) is 1. The highest BCUT2D eigenvalue weighted by Crippen LogP contribution is 2.29. The summed E-state index contributed by atoms with van der Waals surface area (Å²) in [6.45, 7) is 1.77. The van der Waals surface area contributed by atoms with E-state index >= 15 is 0 Å². The van der Waals surface area contributed by atoms with E-state index in [1.807, 2.05) is 0 Å². The van der Waals surface area contributed by atoms with E-state index < -0.39 is 11.7 Å². The van der Waals surface area contributed by atoms with E-state index in [9.17, 15) is 14.0 Å². The first-order chi connectivity index (χ1) is 15.3. The molecule has 162 valence electrons. The van der Waals surface area contributed by atoms with Crippen LogP contribution in [-0.2, 0) is 0 Å². The minimum Gasteiger partial charge on any atom is -0.382 e. The fourth-order valence-corrected chi connectivity index (χ4v) is 3.33. The largest absolute Gasteiger partial charge is 0.382 e. The molecule has 0 fully saturated rings. The summed E-state index contributed by atoms with van der Waals surface area (Å²) in [6, 6.07) is 8.99. The van der Waals surface area contributed by atoms with Gasteiger partial charge in [0.25, 0.3) is 11.8 Å². The molecule has 32 heavy (non-hydrogen) atoms. The molecule has 0 unspecified atom stereocenters. The summed E-state index contributed by atoms with van der Waals surface area (Å²) in [4.78, 5) is 39.2. The lowest BCUT2D eigenvalue weighted by molar-refractivity contribution is 0.0819. The number of nitrogens with zero attached hydrogens (tertiary/aromatic N) is 5. The summed E-state index contributed by atoms with van der Waals surface area (Å²) in [5.74, 6) is -0.228. The second-order valence-corrected chi connectivity index (χ2v) is 7.31. The minimum absolute atomic E-state index is 0.117. The van der Waals surface area contributed by atoms with Crippen LogP contribution in [0.25, 0.3) is 16.8 Å². The third kappa shape index (κ3) is 3.73. The van der Waals surface area contributed by atoms with Gasteiger partial charge in [0.15, 0.2) is 0 Å². The Morgan fingerprint density at radius 2 is 1.84 bits per heavy atom. The average molecular weight is 433 g/mol. The number of nitrogens with two attached hydrogens (primary N) is 1. The molecular formula is C22H20FN7O2. The predicted molar refractivity (Wildman–Crippen MR) is 118 cm³/mol. The Morgan fingerprint density at radius 1 is 1.12 bits per heavy atom. The van der Waals surface area contributed by atoms with Crippen LogP contribution in [0.15, 0.2) is 48.8 Å². The molecule has 0 spiro atoms. The summed E-state index contributed by atoms with van der Waals surface area (Å²) >= 11 is 0. The first-order valence-corrected chi connectivity index (χ1v) is 9.64. The topological polar surface area (TPSA) is 119 Å². The van der Waals surface area contributed by atoms with Crippen molar-refractivity contribution in [3.05, 3.63) is 71.7 Å². The van der Waals surface area contributed by atoms with E-state index in [-0.39, 0.29) is 17.5 Å². The van der Waals surface area contributed by atoms with Gasteiger partial charge in [0.2, 0.25) is 0 Å². The zero-order valence-corrected chi connectivity index (χ0v) is 17.6. The number of aryl methyl sites for hydroxylation is 1. The minimum atomic E-state index is -0.494. The van der Waals surface area contributed by atoms with Crippen molar-refractivity contribution in [3.63, 3.8) is 0 Å². The van der Waals surface area contributed by atoms with E-state index in [1.54, 1.807) is 49.7 Å². The van der Waals surface area contributed by atoms with Crippen LogP contribution in [0.3, 0.4) is 0 Å². The average Bonchev–Trinajstić information content (AvgIpc) is 3.12. The first kappa shape index (κ1) is 20.9. The fourth-order valence-electron chi connectivity index (χ4n) is 3.33. The Labute approximate surface area is 182 Å². The molecule has 0 atom stereocenters. The van der Waals surface area contributed by atoms with Gasteiger partial charge in [-0.15, -0.1) is 0 Å². The van der Waals surface area contributed by atoms with Gasteiger partial charge in [-0.1, -0.05) is 12.1 Å². The van der Waals surface area contributed by atoms with Gasteiger partial charge in [-0.25, -0.2) is 19.3 Å². The second-order valence-electron chi connectivity index (χ2n) is 7.31. The van der Waals surface area contributed by atoms with Gasteiger partial charge in [-0.05, 0) is 25.1 Å². The van der Waals surface area contributed by atoms with E-state index in [0.29, 0.717) is 33.9 Å². The quantitative estimate of drug-likeness (QED) is 0.511. The van der Waals surface area contributed by atoms with Crippen molar-refractivity contribution in [1.82, 2.24) is 24.3 Å². The van der Waals surface area contributed by atoms with Gasteiger partial charge in [-0.2, -0.15) is 0 Å². The molecule has 2 amide bonds. The maximum absolute atomic E-state index is 13.3. The molecule has 0 saturated heterocycles. The Kier molecular flexibility index (Phi) is 5.27. The third-order valence-corrected chi connectivity index (χ3v) is 4.86. The molecule has 9 nitrogen and oxygen atoms in total. The van der Waals surface area contributed by atoms with E-state index in [1.165, 1.54) is 23.4 Å². The molecular weight excluding hydrogens is 413 g/mol. The molecule has 3 heterocycles. The van der Waals surface area contributed by atoms with Crippen LogP contribution in [0.2, 0.25) is 0 Å². The number of nitrogen functional groups attached to an aromatic ring is 1. The Balaban J connectivity index is 1.70. The van der Waals surface area contributed by atoms with Crippen LogP contribution in [0, 0.1) is 12.7 Å². The molecule has 0 bridgehead atoms. The number of pyridine rings is 1. The maximum atomic E-state index is 13.3. The molecule has 4 aromatic rings. The summed E-state index contributed by atoms with van der Waals surface area (Å²) < 4.78 is 15.0. The number of carbonyl (C=O) groups is 2. The number of aromatic nitrogens is 4. The van der Waals surface area contributed by atoms with Crippen molar-refractivity contribution >= 4 is 29.0 Å². The molecule has 1 aromatic carbocycles. The number of carbonyl (C=O) groups excluding carboxylic acids is 2. The molecule has 10 heteroatoms. The van der Waals surface area contributed by atoms with Crippen molar-refractivity contribution in [3.8, 4) is 11.3 Å². The molecule has 3 N–H and O–H groups in total. The lowest BCUT2D eigenvalue weighted by Gasteiger charge is -2.13. The highest BCUT2D eigenvalue weighted by Gasteiger charge is 2.21. The zero-order valence-electron chi connectivity index (χ0n) is 17.6. The summed E-state index contributed by atoms with van der Waals surface area (Å²) in [5.41, 5.74) is 8.57. The monoisotopic (exact) mass is 433 g/mol. The lowest BCUT2D eigenvalue weighted by atomic mass is 10.1.